The minimum atomic E-state index is -0.526. The number of carbonyl (C=O) groups excluding carboxylic acids is 3. The fourth-order valence-corrected chi connectivity index (χ4v) is 3.70. The molecule has 1 aliphatic heterocycles. The largest absolute Gasteiger partial charge is 0.444 e. The van der Waals surface area contributed by atoms with Gasteiger partial charge in [0.2, 0.25) is 0 Å². The molecule has 1 saturated heterocycles. The molecule has 0 unspecified atom stereocenters. The van der Waals surface area contributed by atoms with E-state index in [4.69, 9.17) is 4.74 Å². The van der Waals surface area contributed by atoms with Gasteiger partial charge >= 0.3 is 6.09 Å². The number of hydrogen-bond donors (Lipinski definition) is 2. The molecule has 1 aromatic heterocycles. The number of aryl methyl sites for hydroxylation is 1. The number of hydrazine groups is 1. The maximum atomic E-state index is 12.7. The summed E-state index contributed by atoms with van der Waals surface area (Å²) in [6.45, 7) is 8.71. The average Bonchev–Trinajstić information content (AvgIpc) is 3.26. The molecule has 0 spiro atoms. The third-order valence-corrected chi connectivity index (χ3v) is 5.44. The summed E-state index contributed by atoms with van der Waals surface area (Å²) in [5.74, 6) is -0.757. The van der Waals surface area contributed by atoms with Gasteiger partial charge in [-0.05, 0) is 69.9 Å². The van der Waals surface area contributed by atoms with E-state index in [0.29, 0.717) is 37.2 Å². The van der Waals surface area contributed by atoms with Crippen molar-refractivity contribution in [1.82, 2.24) is 20.3 Å². The minimum absolute atomic E-state index is 0.0849. The van der Waals surface area contributed by atoms with Crippen LogP contribution in [0.2, 0.25) is 0 Å². The van der Waals surface area contributed by atoms with E-state index in [2.05, 4.69) is 10.9 Å². The third-order valence-electron chi connectivity index (χ3n) is 5.44. The van der Waals surface area contributed by atoms with Crippen molar-refractivity contribution in [2.75, 3.05) is 13.1 Å². The second-order valence-corrected chi connectivity index (χ2v) is 8.96. The molecule has 0 saturated carbocycles. The fourth-order valence-electron chi connectivity index (χ4n) is 3.70. The molecule has 1 aromatic carbocycles. The van der Waals surface area contributed by atoms with Crippen molar-refractivity contribution in [3.05, 3.63) is 59.4 Å². The summed E-state index contributed by atoms with van der Waals surface area (Å²) in [5.41, 5.74) is 6.53. The number of amides is 3. The zero-order chi connectivity index (χ0) is 23.3. The first-order chi connectivity index (χ1) is 15.2. The minimum Gasteiger partial charge on any atom is -0.444 e. The summed E-state index contributed by atoms with van der Waals surface area (Å²) >= 11 is 0. The van der Waals surface area contributed by atoms with E-state index < -0.39 is 5.60 Å². The maximum Gasteiger partial charge on any atom is 0.410 e. The second kappa shape index (κ2) is 9.89. The number of carbonyl (C=O) groups is 3. The van der Waals surface area contributed by atoms with E-state index in [0.717, 1.165) is 12.0 Å². The molecular formula is C24H32N4O4. The van der Waals surface area contributed by atoms with Gasteiger partial charge in [0.1, 0.15) is 11.3 Å². The summed E-state index contributed by atoms with van der Waals surface area (Å²) in [6.07, 6.45) is 3.87. The lowest BCUT2D eigenvalue weighted by atomic mass is 10.0. The first-order valence-corrected chi connectivity index (χ1v) is 11.0. The van der Waals surface area contributed by atoms with Crippen molar-refractivity contribution < 1.29 is 19.1 Å². The summed E-state index contributed by atoms with van der Waals surface area (Å²) in [5, 5.41) is 0. The highest BCUT2D eigenvalue weighted by atomic mass is 16.6. The quantitative estimate of drug-likeness (QED) is 0.709. The van der Waals surface area contributed by atoms with Crippen molar-refractivity contribution in [3.63, 3.8) is 0 Å². The van der Waals surface area contributed by atoms with Crippen LogP contribution in [0.25, 0.3) is 0 Å². The normalized spacial score (nSPS) is 14.7. The SMILES string of the molecule is CCc1ccc(C(=O)NNC(=O)c2cccn2C2CCN(C(=O)OC(C)(C)C)CC2)cc1. The van der Waals surface area contributed by atoms with Crippen molar-refractivity contribution in [3.8, 4) is 0 Å². The molecule has 2 aromatic rings. The van der Waals surface area contributed by atoms with E-state index in [9.17, 15) is 14.4 Å². The maximum absolute atomic E-state index is 12.7. The molecule has 3 rings (SSSR count). The number of nitrogens with zero attached hydrogens (tertiary/aromatic N) is 2. The predicted molar refractivity (Wildman–Crippen MR) is 121 cm³/mol. The van der Waals surface area contributed by atoms with Gasteiger partial charge < -0.3 is 14.2 Å². The number of aromatic nitrogens is 1. The van der Waals surface area contributed by atoms with Crippen LogP contribution in [-0.4, -0.2) is 46.1 Å². The molecule has 2 heterocycles. The van der Waals surface area contributed by atoms with Gasteiger partial charge in [0.05, 0.1) is 0 Å². The van der Waals surface area contributed by atoms with E-state index in [-0.39, 0.29) is 23.9 Å². The monoisotopic (exact) mass is 440 g/mol. The highest BCUT2D eigenvalue weighted by molar-refractivity contribution is 5.98. The van der Waals surface area contributed by atoms with Crippen molar-refractivity contribution in [2.45, 2.75) is 58.6 Å². The van der Waals surface area contributed by atoms with Crippen LogP contribution >= 0.6 is 0 Å². The molecule has 0 radical (unpaired) electrons. The fraction of sp³-hybridized carbons (Fsp3) is 0.458. The van der Waals surface area contributed by atoms with Crippen molar-refractivity contribution >= 4 is 17.9 Å². The molecule has 0 atom stereocenters. The number of hydrogen-bond acceptors (Lipinski definition) is 4. The van der Waals surface area contributed by atoms with Crippen LogP contribution in [0.4, 0.5) is 4.79 Å². The Balaban J connectivity index is 1.55. The van der Waals surface area contributed by atoms with Gasteiger partial charge in [-0.3, -0.25) is 20.4 Å². The first kappa shape index (κ1) is 23.4. The lowest BCUT2D eigenvalue weighted by Crippen LogP contribution is -2.44. The van der Waals surface area contributed by atoms with Crippen LogP contribution in [0.3, 0.4) is 0 Å². The van der Waals surface area contributed by atoms with Gasteiger partial charge in [-0.1, -0.05) is 19.1 Å². The van der Waals surface area contributed by atoms with Crippen LogP contribution in [0.5, 0.6) is 0 Å². The molecule has 3 amide bonds. The Hall–Kier alpha value is -3.29. The summed E-state index contributed by atoms with van der Waals surface area (Å²) < 4.78 is 7.35. The summed E-state index contributed by atoms with van der Waals surface area (Å²) in [6, 6.07) is 10.9. The molecular weight excluding hydrogens is 408 g/mol. The number of rotatable bonds is 4. The van der Waals surface area contributed by atoms with Gasteiger partial charge in [-0.15, -0.1) is 0 Å². The van der Waals surface area contributed by atoms with Crippen LogP contribution < -0.4 is 10.9 Å². The van der Waals surface area contributed by atoms with Crippen LogP contribution in [0.15, 0.2) is 42.6 Å². The number of ether oxygens (including phenoxy) is 1. The smallest absolute Gasteiger partial charge is 0.410 e. The summed E-state index contributed by atoms with van der Waals surface area (Å²) in [7, 11) is 0. The third kappa shape index (κ3) is 5.90. The lowest BCUT2D eigenvalue weighted by Gasteiger charge is -2.34. The topological polar surface area (TPSA) is 92.7 Å². The zero-order valence-corrected chi connectivity index (χ0v) is 19.2. The Morgan fingerprint density at radius 3 is 2.22 bits per heavy atom. The Labute approximate surface area is 188 Å². The molecule has 0 aliphatic carbocycles. The molecule has 172 valence electrons. The molecule has 8 heteroatoms. The van der Waals surface area contributed by atoms with Crippen molar-refractivity contribution in [2.24, 2.45) is 0 Å². The molecule has 2 N–H and O–H groups in total. The van der Waals surface area contributed by atoms with Crippen molar-refractivity contribution in [1.29, 1.82) is 0 Å². The average molecular weight is 441 g/mol. The van der Waals surface area contributed by atoms with Crippen LogP contribution in [0.1, 0.15) is 73.0 Å². The first-order valence-electron chi connectivity index (χ1n) is 11.0. The highest BCUT2D eigenvalue weighted by Gasteiger charge is 2.28. The molecule has 1 fully saturated rings. The predicted octanol–water partition coefficient (Wildman–Crippen LogP) is 3.70. The summed E-state index contributed by atoms with van der Waals surface area (Å²) in [4.78, 5) is 39.0. The van der Waals surface area contributed by atoms with E-state index in [1.54, 1.807) is 29.2 Å². The van der Waals surface area contributed by atoms with Gasteiger partial charge in [-0.2, -0.15) is 0 Å². The van der Waals surface area contributed by atoms with Crippen LogP contribution in [-0.2, 0) is 11.2 Å². The molecule has 0 bridgehead atoms. The van der Waals surface area contributed by atoms with Gasteiger partial charge in [0, 0.05) is 30.9 Å². The Bertz CT molecular complexity index is 951. The van der Waals surface area contributed by atoms with Gasteiger partial charge in [-0.25, -0.2) is 4.79 Å². The Kier molecular flexibility index (Phi) is 7.22. The van der Waals surface area contributed by atoms with E-state index in [1.807, 2.05) is 50.6 Å². The van der Waals surface area contributed by atoms with E-state index >= 15 is 0 Å². The number of likely N-dealkylation sites (tertiary alicyclic amines) is 1. The number of piperidine rings is 1. The standard InChI is InChI=1S/C24H32N4O4/c1-5-17-8-10-18(11-9-17)21(29)25-26-22(30)20-7-6-14-28(20)19-12-15-27(16-13-19)23(31)32-24(2,3)4/h6-11,14,19H,5,12-13,15-16H2,1-4H3,(H,25,29)(H,26,30). The number of nitrogens with one attached hydrogen (secondary N) is 2. The van der Waals surface area contributed by atoms with E-state index in [1.165, 1.54) is 0 Å². The van der Waals surface area contributed by atoms with Gasteiger partial charge in [0.15, 0.2) is 0 Å². The highest BCUT2D eigenvalue weighted by Crippen LogP contribution is 2.25. The Morgan fingerprint density at radius 2 is 1.62 bits per heavy atom. The molecule has 32 heavy (non-hydrogen) atoms. The molecule has 1 aliphatic rings. The van der Waals surface area contributed by atoms with Gasteiger partial charge in [0.25, 0.3) is 11.8 Å². The zero-order valence-electron chi connectivity index (χ0n) is 19.2. The molecule has 8 nitrogen and oxygen atoms in total. The Morgan fingerprint density at radius 1 is 1.00 bits per heavy atom. The lowest BCUT2D eigenvalue weighted by molar-refractivity contribution is 0.0187. The second-order valence-electron chi connectivity index (χ2n) is 8.96. The van der Waals surface area contributed by atoms with Crippen LogP contribution in [0, 0.1) is 0 Å². The number of benzene rings is 1.